The van der Waals surface area contributed by atoms with Crippen molar-refractivity contribution in [2.75, 3.05) is 19.3 Å². The fraction of sp³-hybridized carbons (Fsp3) is 0.533. The molecule has 0 saturated carbocycles. The summed E-state index contributed by atoms with van der Waals surface area (Å²) in [7, 11) is -3.16. The number of hydrogen-bond donors (Lipinski definition) is 2. The van der Waals surface area contributed by atoms with Gasteiger partial charge in [-0.15, -0.1) is 0 Å². The number of amides is 2. The lowest BCUT2D eigenvalue weighted by Crippen LogP contribution is -2.49. The molecule has 0 bridgehead atoms. The fourth-order valence-electron chi connectivity index (χ4n) is 2.69. The van der Waals surface area contributed by atoms with Gasteiger partial charge in [-0.1, -0.05) is 29.3 Å². The lowest BCUT2D eigenvalue weighted by atomic mass is 10.1. The molecule has 1 aromatic carbocycles. The standard InChI is InChI=1S/C15H21Cl2N3O3S/c1-10(13-4-3-11(16)9-14(13)17)18-15(21)19-12-5-7-20(8-6-12)24(2,22)23/h3-4,9-10,12H,5-8H2,1-2H3,(H2,18,19,21)/t10-/m1/s1. The number of piperidine rings is 1. The summed E-state index contributed by atoms with van der Waals surface area (Å²) in [5.41, 5.74) is 0.781. The highest BCUT2D eigenvalue weighted by Gasteiger charge is 2.26. The van der Waals surface area contributed by atoms with E-state index in [0.717, 1.165) is 5.56 Å². The summed E-state index contributed by atoms with van der Waals surface area (Å²) in [6, 6.07) is 4.52. The van der Waals surface area contributed by atoms with Crippen LogP contribution in [0.15, 0.2) is 18.2 Å². The van der Waals surface area contributed by atoms with E-state index in [1.165, 1.54) is 10.6 Å². The third kappa shape index (κ3) is 5.24. The summed E-state index contributed by atoms with van der Waals surface area (Å²) in [5.74, 6) is 0. The Morgan fingerprint density at radius 3 is 2.46 bits per heavy atom. The molecule has 1 aliphatic heterocycles. The van der Waals surface area contributed by atoms with Gasteiger partial charge in [0.15, 0.2) is 0 Å². The van der Waals surface area contributed by atoms with Crippen molar-refractivity contribution >= 4 is 39.3 Å². The molecular weight excluding hydrogens is 373 g/mol. The highest BCUT2D eigenvalue weighted by atomic mass is 35.5. The van der Waals surface area contributed by atoms with Gasteiger partial charge in [-0.3, -0.25) is 0 Å². The van der Waals surface area contributed by atoms with Crippen LogP contribution in [0.1, 0.15) is 31.4 Å². The van der Waals surface area contributed by atoms with Crippen molar-refractivity contribution in [1.29, 1.82) is 0 Å². The molecule has 1 aromatic rings. The van der Waals surface area contributed by atoms with Crippen LogP contribution in [0.4, 0.5) is 4.79 Å². The van der Waals surface area contributed by atoms with E-state index in [9.17, 15) is 13.2 Å². The van der Waals surface area contributed by atoms with E-state index in [-0.39, 0.29) is 18.1 Å². The normalized spacial score (nSPS) is 18.2. The maximum atomic E-state index is 12.1. The smallest absolute Gasteiger partial charge is 0.315 e. The zero-order chi connectivity index (χ0) is 17.9. The van der Waals surface area contributed by atoms with Crippen LogP contribution in [0.2, 0.25) is 10.0 Å². The Bertz CT molecular complexity index is 704. The van der Waals surface area contributed by atoms with E-state index in [4.69, 9.17) is 23.2 Å². The lowest BCUT2D eigenvalue weighted by molar-refractivity contribution is 0.225. The largest absolute Gasteiger partial charge is 0.335 e. The topological polar surface area (TPSA) is 78.5 Å². The van der Waals surface area contributed by atoms with Crippen molar-refractivity contribution in [3.63, 3.8) is 0 Å². The maximum Gasteiger partial charge on any atom is 0.315 e. The Balaban J connectivity index is 1.85. The molecule has 9 heteroatoms. The first kappa shape index (κ1) is 19.3. The molecule has 24 heavy (non-hydrogen) atoms. The third-order valence-electron chi connectivity index (χ3n) is 4.03. The van der Waals surface area contributed by atoms with Crippen LogP contribution in [0.25, 0.3) is 0 Å². The molecule has 1 saturated heterocycles. The highest BCUT2D eigenvalue weighted by Crippen LogP contribution is 2.26. The third-order valence-corrected chi connectivity index (χ3v) is 5.90. The summed E-state index contributed by atoms with van der Waals surface area (Å²) in [5, 5.41) is 6.75. The van der Waals surface area contributed by atoms with E-state index in [1.807, 2.05) is 6.92 Å². The predicted molar refractivity (Wildman–Crippen MR) is 96.0 cm³/mol. The van der Waals surface area contributed by atoms with Crippen LogP contribution < -0.4 is 10.6 Å². The minimum absolute atomic E-state index is 0.0455. The Morgan fingerprint density at radius 1 is 1.29 bits per heavy atom. The number of carbonyl (C=O) groups excluding carboxylic acids is 1. The van der Waals surface area contributed by atoms with E-state index < -0.39 is 10.0 Å². The zero-order valence-corrected chi connectivity index (χ0v) is 15.9. The van der Waals surface area contributed by atoms with Gasteiger partial charge in [0, 0.05) is 29.2 Å². The van der Waals surface area contributed by atoms with Crippen molar-refractivity contribution in [2.24, 2.45) is 0 Å². The molecule has 1 fully saturated rings. The molecule has 1 aliphatic rings. The average Bonchev–Trinajstić information content (AvgIpc) is 2.46. The van der Waals surface area contributed by atoms with Crippen molar-refractivity contribution in [2.45, 2.75) is 31.8 Å². The second-order valence-corrected chi connectivity index (χ2v) is 8.77. The molecule has 2 rings (SSSR count). The van der Waals surface area contributed by atoms with Crippen LogP contribution in [-0.4, -0.2) is 44.1 Å². The number of sulfonamides is 1. The SMILES string of the molecule is C[C@@H](NC(=O)NC1CCN(S(C)(=O)=O)CC1)c1ccc(Cl)cc1Cl. The van der Waals surface area contributed by atoms with Crippen LogP contribution in [0.3, 0.4) is 0 Å². The fourth-order valence-corrected chi connectivity index (χ4v) is 4.13. The quantitative estimate of drug-likeness (QED) is 0.825. The van der Waals surface area contributed by atoms with Gasteiger partial charge in [0.05, 0.1) is 12.3 Å². The van der Waals surface area contributed by atoms with Gasteiger partial charge < -0.3 is 10.6 Å². The average molecular weight is 394 g/mol. The molecule has 2 N–H and O–H groups in total. The lowest BCUT2D eigenvalue weighted by Gasteiger charge is -2.31. The number of nitrogens with one attached hydrogen (secondary N) is 2. The van der Waals surface area contributed by atoms with Crippen LogP contribution in [-0.2, 0) is 10.0 Å². The number of rotatable bonds is 4. The van der Waals surface area contributed by atoms with Crippen LogP contribution in [0, 0.1) is 0 Å². The number of halogens is 2. The van der Waals surface area contributed by atoms with Gasteiger partial charge in [0.25, 0.3) is 0 Å². The minimum atomic E-state index is -3.16. The molecular formula is C15H21Cl2N3O3S. The maximum absolute atomic E-state index is 12.1. The summed E-state index contributed by atoms with van der Waals surface area (Å²) in [6.07, 6.45) is 2.39. The molecule has 0 radical (unpaired) electrons. The Labute approximate surface area is 152 Å². The summed E-state index contributed by atoms with van der Waals surface area (Å²) in [6.45, 7) is 2.67. The van der Waals surface area contributed by atoms with Crippen molar-refractivity contribution in [3.8, 4) is 0 Å². The number of urea groups is 1. The molecule has 0 aliphatic carbocycles. The van der Waals surface area contributed by atoms with Gasteiger partial charge in [-0.2, -0.15) is 0 Å². The van der Waals surface area contributed by atoms with E-state index in [1.54, 1.807) is 18.2 Å². The number of carbonyl (C=O) groups is 1. The predicted octanol–water partition coefficient (Wildman–Crippen LogP) is 2.78. The molecule has 1 atom stereocenters. The van der Waals surface area contributed by atoms with E-state index in [0.29, 0.717) is 36.0 Å². The first-order valence-corrected chi connectivity index (χ1v) is 10.2. The van der Waals surface area contributed by atoms with E-state index >= 15 is 0 Å². The molecule has 2 amide bonds. The zero-order valence-electron chi connectivity index (χ0n) is 13.6. The first-order chi connectivity index (χ1) is 11.2. The molecule has 0 spiro atoms. The molecule has 0 unspecified atom stereocenters. The minimum Gasteiger partial charge on any atom is -0.335 e. The summed E-state index contributed by atoms with van der Waals surface area (Å²) in [4.78, 5) is 12.1. The number of nitrogens with zero attached hydrogens (tertiary/aromatic N) is 1. The molecule has 6 nitrogen and oxygen atoms in total. The first-order valence-electron chi connectivity index (χ1n) is 7.64. The van der Waals surface area contributed by atoms with Crippen molar-refractivity contribution in [3.05, 3.63) is 33.8 Å². The van der Waals surface area contributed by atoms with Crippen LogP contribution in [0.5, 0.6) is 0 Å². The second kappa shape index (κ2) is 7.91. The Hall–Kier alpha value is -1.02. The van der Waals surface area contributed by atoms with Gasteiger partial charge in [-0.25, -0.2) is 17.5 Å². The van der Waals surface area contributed by atoms with E-state index in [2.05, 4.69) is 10.6 Å². The highest BCUT2D eigenvalue weighted by molar-refractivity contribution is 7.88. The monoisotopic (exact) mass is 393 g/mol. The van der Waals surface area contributed by atoms with Gasteiger partial charge in [0.1, 0.15) is 0 Å². The Morgan fingerprint density at radius 2 is 1.92 bits per heavy atom. The van der Waals surface area contributed by atoms with Gasteiger partial charge in [-0.05, 0) is 37.5 Å². The van der Waals surface area contributed by atoms with Gasteiger partial charge >= 0.3 is 6.03 Å². The van der Waals surface area contributed by atoms with Crippen molar-refractivity contribution < 1.29 is 13.2 Å². The number of benzene rings is 1. The second-order valence-electron chi connectivity index (χ2n) is 5.94. The van der Waals surface area contributed by atoms with Crippen molar-refractivity contribution in [1.82, 2.24) is 14.9 Å². The molecule has 0 aromatic heterocycles. The number of hydrogen-bond acceptors (Lipinski definition) is 3. The summed E-state index contributed by atoms with van der Waals surface area (Å²) < 4.78 is 24.4. The van der Waals surface area contributed by atoms with Gasteiger partial charge in [0.2, 0.25) is 10.0 Å². The molecule has 134 valence electrons. The van der Waals surface area contributed by atoms with Crippen LogP contribution >= 0.6 is 23.2 Å². The molecule has 1 heterocycles. The summed E-state index contributed by atoms with van der Waals surface area (Å²) >= 11 is 12.0. The Kier molecular flexibility index (Phi) is 6.36.